The summed E-state index contributed by atoms with van der Waals surface area (Å²) < 4.78 is 10.8. The summed E-state index contributed by atoms with van der Waals surface area (Å²) >= 11 is 0. The zero-order valence-corrected chi connectivity index (χ0v) is 15.1. The number of rotatable bonds is 6. The minimum absolute atomic E-state index is 0.167. The molecule has 1 atom stereocenters. The van der Waals surface area contributed by atoms with Gasteiger partial charge in [-0.2, -0.15) is 0 Å². The second-order valence-corrected chi connectivity index (χ2v) is 6.57. The molecule has 2 aromatic rings. The van der Waals surface area contributed by atoms with E-state index in [0.717, 1.165) is 43.0 Å². The molecule has 0 saturated carbocycles. The highest BCUT2D eigenvalue weighted by molar-refractivity contribution is 5.81. The Morgan fingerprint density at radius 1 is 1.48 bits per heavy atom. The van der Waals surface area contributed by atoms with Crippen molar-refractivity contribution in [1.82, 2.24) is 14.9 Å². The van der Waals surface area contributed by atoms with Crippen LogP contribution in [0.3, 0.4) is 0 Å². The lowest BCUT2D eigenvalue weighted by molar-refractivity contribution is -0.142. The SMILES string of the molecule is CCOC(=O)Cc1nc2ccc(N3CCO[C@H](CN(C)C)C3)cc2[nH]1. The maximum Gasteiger partial charge on any atom is 0.313 e. The Hall–Kier alpha value is -2.12. The van der Waals surface area contributed by atoms with Crippen LogP contribution in [0.2, 0.25) is 0 Å². The van der Waals surface area contributed by atoms with Crippen molar-refractivity contribution in [3.05, 3.63) is 24.0 Å². The summed E-state index contributed by atoms with van der Waals surface area (Å²) in [6, 6.07) is 6.16. The number of nitrogens with zero attached hydrogens (tertiary/aromatic N) is 3. The number of aromatic nitrogens is 2. The molecule has 1 aromatic carbocycles. The number of ether oxygens (including phenoxy) is 2. The molecule has 2 heterocycles. The number of imidazole rings is 1. The molecule has 1 saturated heterocycles. The van der Waals surface area contributed by atoms with Crippen molar-refractivity contribution in [2.24, 2.45) is 0 Å². The van der Waals surface area contributed by atoms with Crippen LogP contribution in [0.4, 0.5) is 5.69 Å². The molecule has 0 radical (unpaired) electrons. The van der Waals surface area contributed by atoms with Crippen LogP contribution in [0.25, 0.3) is 11.0 Å². The summed E-state index contributed by atoms with van der Waals surface area (Å²) in [5.41, 5.74) is 2.94. The van der Waals surface area contributed by atoms with Gasteiger partial charge in [-0.15, -0.1) is 0 Å². The van der Waals surface area contributed by atoms with Gasteiger partial charge in [0.15, 0.2) is 0 Å². The van der Waals surface area contributed by atoms with E-state index >= 15 is 0 Å². The molecule has 136 valence electrons. The second-order valence-electron chi connectivity index (χ2n) is 6.57. The Labute approximate surface area is 147 Å². The first kappa shape index (κ1) is 17.7. The summed E-state index contributed by atoms with van der Waals surface area (Å²) in [6.07, 6.45) is 0.376. The Morgan fingerprint density at radius 2 is 2.32 bits per heavy atom. The molecule has 25 heavy (non-hydrogen) atoms. The number of morpholine rings is 1. The van der Waals surface area contributed by atoms with Crippen molar-refractivity contribution in [2.45, 2.75) is 19.4 Å². The number of hydrogen-bond donors (Lipinski definition) is 1. The number of nitrogens with one attached hydrogen (secondary N) is 1. The molecule has 1 N–H and O–H groups in total. The fourth-order valence-electron chi connectivity index (χ4n) is 3.15. The molecule has 0 bridgehead atoms. The van der Waals surface area contributed by atoms with Gasteiger partial charge in [0.25, 0.3) is 0 Å². The van der Waals surface area contributed by atoms with Gasteiger partial charge in [-0.3, -0.25) is 4.79 Å². The molecule has 0 amide bonds. The highest BCUT2D eigenvalue weighted by Crippen LogP contribution is 2.23. The fraction of sp³-hybridized carbons (Fsp3) is 0.556. The van der Waals surface area contributed by atoms with Crippen LogP contribution in [-0.4, -0.2) is 73.9 Å². The van der Waals surface area contributed by atoms with Gasteiger partial charge in [-0.05, 0) is 39.2 Å². The number of anilines is 1. The molecule has 1 aromatic heterocycles. The minimum Gasteiger partial charge on any atom is -0.466 e. The van der Waals surface area contributed by atoms with E-state index in [-0.39, 0.29) is 18.5 Å². The Balaban J connectivity index is 1.73. The quantitative estimate of drug-likeness (QED) is 0.798. The van der Waals surface area contributed by atoms with E-state index < -0.39 is 0 Å². The van der Waals surface area contributed by atoms with Crippen LogP contribution < -0.4 is 4.90 Å². The topological polar surface area (TPSA) is 70.7 Å². The first-order chi connectivity index (χ1) is 12.0. The third-order valence-corrected chi connectivity index (χ3v) is 4.20. The van der Waals surface area contributed by atoms with Crippen molar-refractivity contribution < 1.29 is 14.3 Å². The average molecular weight is 346 g/mol. The molecule has 1 aliphatic rings. The second kappa shape index (κ2) is 7.84. The van der Waals surface area contributed by atoms with Gasteiger partial charge in [-0.1, -0.05) is 0 Å². The standard InChI is InChI=1S/C18H26N4O3/c1-4-24-18(23)10-17-19-15-6-5-13(9-16(15)20-17)22-7-8-25-14(12-22)11-21(2)3/h5-6,9,14H,4,7-8,10-12H2,1-3H3,(H,19,20)/t14-/m1/s1. The smallest absolute Gasteiger partial charge is 0.313 e. The van der Waals surface area contributed by atoms with Gasteiger partial charge in [-0.25, -0.2) is 4.98 Å². The van der Waals surface area contributed by atoms with Crippen LogP contribution in [0.15, 0.2) is 18.2 Å². The highest BCUT2D eigenvalue weighted by Gasteiger charge is 2.21. The van der Waals surface area contributed by atoms with Gasteiger partial charge in [0.1, 0.15) is 12.2 Å². The molecule has 0 spiro atoms. The largest absolute Gasteiger partial charge is 0.466 e. The monoisotopic (exact) mass is 346 g/mol. The van der Waals surface area contributed by atoms with E-state index in [1.807, 2.05) is 6.07 Å². The van der Waals surface area contributed by atoms with Gasteiger partial charge in [0, 0.05) is 25.3 Å². The highest BCUT2D eigenvalue weighted by atomic mass is 16.5. The summed E-state index contributed by atoms with van der Waals surface area (Å²) in [5.74, 6) is 0.375. The van der Waals surface area contributed by atoms with E-state index in [9.17, 15) is 4.79 Å². The number of esters is 1. The van der Waals surface area contributed by atoms with Crippen molar-refractivity contribution >= 4 is 22.7 Å². The number of carbonyl (C=O) groups excluding carboxylic acids is 1. The van der Waals surface area contributed by atoms with Crippen molar-refractivity contribution in [3.63, 3.8) is 0 Å². The Bertz CT molecular complexity index is 728. The number of benzene rings is 1. The number of H-pyrrole nitrogens is 1. The molecular weight excluding hydrogens is 320 g/mol. The van der Waals surface area contributed by atoms with E-state index in [2.05, 4.69) is 46.0 Å². The van der Waals surface area contributed by atoms with Crippen LogP contribution >= 0.6 is 0 Å². The van der Waals surface area contributed by atoms with E-state index in [4.69, 9.17) is 9.47 Å². The summed E-state index contributed by atoms with van der Waals surface area (Å²) in [5, 5.41) is 0. The molecule has 0 aliphatic carbocycles. The number of likely N-dealkylation sites (N-methyl/N-ethyl adjacent to an activating group) is 1. The van der Waals surface area contributed by atoms with Crippen molar-refractivity contribution in [3.8, 4) is 0 Å². The zero-order valence-electron chi connectivity index (χ0n) is 15.1. The molecule has 7 heteroatoms. The number of aromatic amines is 1. The van der Waals surface area contributed by atoms with E-state index in [0.29, 0.717) is 12.4 Å². The first-order valence-electron chi connectivity index (χ1n) is 8.70. The minimum atomic E-state index is -0.263. The van der Waals surface area contributed by atoms with Crippen molar-refractivity contribution in [1.29, 1.82) is 0 Å². The normalized spacial score (nSPS) is 18.1. The third kappa shape index (κ3) is 4.49. The summed E-state index contributed by atoms with van der Waals surface area (Å²) in [4.78, 5) is 23.8. The molecular formula is C18H26N4O3. The molecule has 3 rings (SSSR count). The van der Waals surface area contributed by atoms with Crippen LogP contribution in [-0.2, 0) is 20.7 Å². The third-order valence-electron chi connectivity index (χ3n) is 4.20. The Kier molecular flexibility index (Phi) is 5.55. The average Bonchev–Trinajstić information content (AvgIpc) is 2.95. The molecule has 0 unspecified atom stereocenters. The molecule has 1 fully saturated rings. The number of hydrogen-bond acceptors (Lipinski definition) is 6. The lowest BCUT2D eigenvalue weighted by Gasteiger charge is -2.35. The predicted molar refractivity (Wildman–Crippen MR) is 96.9 cm³/mol. The van der Waals surface area contributed by atoms with Gasteiger partial charge in [0.2, 0.25) is 0 Å². The summed E-state index contributed by atoms with van der Waals surface area (Å²) in [7, 11) is 4.12. The van der Waals surface area contributed by atoms with Gasteiger partial charge < -0.3 is 24.3 Å². The Morgan fingerprint density at radius 3 is 3.08 bits per heavy atom. The van der Waals surface area contributed by atoms with Crippen LogP contribution in [0, 0.1) is 0 Å². The first-order valence-corrected chi connectivity index (χ1v) is 8.70. The van der Waals surface area contributed by atoms with Crippen LogP contribution in [0.1, 0.15) is 12.7 Å². The lowest BCUT2D eigenvalue weighted by atomic mass is 10.2. The maximum atomic E-state index is 11.6. The maximum absolute atomic E-state index is 11.6. The van der Waals surface area contributed by atoms with Crippen molar-refractivity contribution in [2.75, 3.05) is 51.8 Å². The van der Waals surface area contributed by atoms with E-state index in [1.165, 1.54) is 0 Å². The zero-order chi connectivity index (χ0) is 17.8. The van der Waals surface area contributed by atoms with Gasteiger partial charge >= 0.3 is 5.97 Å². The lowest BCUT2D eigenvalue weighted by Crippen LogP contribution is -2.46. The van der Waals surface area contributed by atoms with E-state index in [1.54, 1.807) is 6.92 Å². The molecule has 1 aliphatic heterocycles. The predicted octanol–water partition coefficient (Wildman–Crippen LogP) is 1.44. The molecule has 7 nitrogen and oxygen atoms in total. The number of carbonyl (C=O) groups is 1. The van der Waals surface area contributed by atoms with Gasteiger partial charge in [0.05, 0.1) is 30.4 Å². The van der Waals surface area contributed by atoms with Crippen LogP contribution in [0.5, 0.6) is 0 Å². The number of fused-ring (bicyclic) bond motifs is 1. The fourth-order valence-corrected chi connectivity index (χ4v) is 3.15. The summed E-state index contributed by atoms with van der Waals surface area (Å²) in [6.45, 7) is 5.57.